The Morgan fingerprint density at radius 3 is 2.39 bits per heavy atom. The Kier molecular flexibility index (Phi) is 4.65. The molecule has 4 aliphatic carbocycles. The highest BCUT2D eigenvalue weighted by Gasteiger charge is 2.50. The lowest BCUT2D eigenvalue weighted by Crippen LogP contribution is -2.57. The first-order chi connectivity index (χ1) is 13.7. The van der Waals surface area contributed by atoms with Crippen molar-refractivity contribution in [1.82, 2.24) is 5.32 Å². The van der Waals surface area contributed by atoms with E-state index >= 15 is 0 Å². The zero-order valence-electron chi connectivity index (χ0n) is 17.4. The van der Waals surface area contributed by atoms with E-state index in [0.29, 0.717) is 11.8 Å². The molecule has 0 radical (unpaired) electrons. The van der Waals surface area contributed by atoms with Gasteiger partial charge in [-0.1, -0.05) is 12.1 Å². The summed E-state index contributed by atoms with van der Waals surface area (Å²) in [7, 11) is 1.28. The van der Waals surface area contributed by atoms with Gasteiger partial charge in [0, 0.05) is 7.79 Å². The molecule has 2 N–H and O–H groups in total. The molecule has 4 saturated carbocycles. The summed E-state index contributed by atoms with van der Waals surface area (Å²) in [5.41, 5.74) is -0.549. The van der Waals surface area contributed by atoms with Crippen molar-refractivity contribution in [2.24, 2.45) is 23.6 Å². The quantitative estimate of drug-likeness (QED) is 0.755. The molecule has 5 rings (SSSR count). The number of amides is 1. The molecule has 0 aliphatic heterocycles. The normalized spacial score (nSPS) is 35.6. The first kappa shape index (κ1) is 17.8. The molecule has 0 saturated heterocycles. The van der Waals surface area contributed by atoms with Gasteiger partial charge in [-0.05, 0) is 80.4 Å². The number of esters is 1. The Labute approximate surface area is 167 Å². The monoisotopic (exact) mass is 388 g/mol. The standard InChI is InChI=1S/C22H29NO5/c1-22(20(25)27-2,12-13-3-5-18(24)6-4-13)23-21(26)28-19-16-8-14-7-15(10-16)11-17(19)9-14/h3-6,14-17,19,24H,7-12H2,1-2H3,(H,23,26)/t14?,15?,16?,17?,19?,22-/m0/s1/i16D. The summed E-state index contributed by atoms with van der Waals surface area (Å²) in [5, 5.41) is 12.2. The number of benzene rings is 1. The minimum absolute atomic E-state index is 0.128. The van der Waals surface area contributed by atoms with Gasteiger partial charge >= 0.3 is 12.1 Å². The SMILES string of the molecule is [2H]C12CC3CC(CC(C3)C1OC(=O)N[C@@](C)(Cc1ccc(O)cc1)C(=O)OC)C2. The maximum atomic E-state index is 12.8. The fourth-order valence-electron chi connectivity index (χ4n) is 5.55. The van der Waals surface area contributed by atoms with Crippen LogP contribution in [0.2, 0.25) is 0 Å². The molecule has 4 atom stereocenters. The number of phenolic OH excluding ortho intramolecular Hbond substituents is 1. The van der Waals surface area contributed by atoms with Crippen molar-refractivity contribution < 1.29 is 25.5 Å². The molecule has 6 nitrogen and oxygen atoms in total. The molecule has 1 aromatic carbocycles. The highest BCUT2D eigenvalue weighted by atomic mass is 16.6. The molecule has 1 aromatic rings. The summed E-state index contributed by atoms with van der Waals surface area (Å²) >= 11 is 0. The van der Waals surface area contributed by atoms with Gasteiger partial charge in [-0.15, -0.1) is 0 Å². The van der Waals surface area contributed by atoms with Crippen molar-refractivity contribution in [3.63, 3.8) is 0 Å². The molecule has 4 bridgehead atoms. The van der Waals surface area contributed by atoms with Crippen LogP contribution in [0.1, 0.15) is 46.0 Å². The number of methoxy groups -OCH3 is 1. The van der Waals surface area contributed by atoms with Crippen LogP contribution in [0.5, 0.6) is 5.75 Å². The minimum atomic E-state index is -1.32. The van der Waals surface area contributed by atoms with Crippen LogP contribution in [0.25, 0.3) is 0 Å². The molecule has 6 heteroatoms. The molecule has 152 valence electrons. The van der Waals surface area contributed by atoms with Gasteiger partial charge in [0.05, 0.1) is 7.11 Å². The van der Waals surface area contributed by atoms with Crippen molar-refractivity contribution in [3.05, 3.63) is 29.8 Å². The van der Waals surface area contributed by atoms with Crippen LogP contribution in [-0.4, -0.2) is 35.9 Å². The van der Waals surface area contributed by atoms with E-state index < -0.39 is 29.6 Å². The van der Waals surface area contributed by atoms with E-state index in [-0.39, 0.29) is 18.1 Å². The van der Waals surface area contributed by atoms with Gasteiger partial charge in [0.1, 0.15) is 17.4 Å². The Balaban J connectivity index is 1.47. The number of carbonyl (C=O) groups is 2. The van der Waals surface area contributed by atoms with Crippen molar-refractivity contribution >= 4 is 12.1 Å². The first-order valence-electron chi connectivity index (χ1n) is 10.6. The fourth-order valence-corrected chi connectivity index (χ4v) is 5.55. The minimum Gasteiger partial charge on any atom is -0.508 e. The number of carbonyl (C=O) groups excluding carboxylic acids is 2. The molecule has 0 aromatic heterocycles. The predicted octanol–water partition coefficient (Wildman–Crippen LogP) is 3.42. The van der Waals surface area contributed by atoms with Crippen LogP contribution in [0.4, 0.5) is 4.79 Å². The predicted molar refractivity (Wildman–Crippen MR) is 103 cm³/mol. The number of aromatic hydroxyl groups is 1. The Hall–Kier alpha value is -2.24. The third-order valence-electron chi connectivity index (χ3n) is 6.61. The van der Waals surface area contributed by atoms with E-state index in [4.69, 9.17) is 10.8 Å². The number of phenols is 1. The third kappa shape index (κ3) is 3.69. The molecule has 4 aliphatic rings. The molecular formula is C22H29NO5. The number of hydrogen-bond acceptors (Lipinski definition) is 5. The maximum Gasteiger partial charge on any atom is 0.408 e. The number of nitrogens with one attached hydrogen (secondary N) is 1. The van der Waals surface area contributed by atoms with E-state index in [1.165, 1.54) is 25.7 Å². The number of rotatable bonds is 5. The highest BCUT2D eigenvalue weighted by molar-refractivity contribution is 5.85. The van der Waals surface area contributed by atoms with Gasteiger partial charge in [-0.25, -0.2) is 9.59 Å². The van der Waals surface area contributed by atoms with E-state index in [2.05, 4.69) is 5.32 Å². The smallest absolute Gasteiger partial charge is 0.408 e. The second kappa shape index (κ2) is 7.30. The van der Waals surface area contributed by atoms with Crippen LogP contribution in [-0.2, 0) is 20.7 Å². The number of alkyl carbamates (subject to hydrolysis) is 1. The topological polar surface area (TPSA) is 84.9 Å². The zero-order chi connectivity index (χ0) is 20.8. The first-order valence-corrected chi connectivity index (χ1v) is 10.1. The molecular weight excluding hydrogens is 358 g/mol. The highest BCUT2D eigenvalue weighted by Crippen LogP contribution is 2.54. The van der Waals surface area contributed by atoms with E-state index in [9.17, 15) is 14.7 Å². The van der Waals surface area contributed by atoms with Crippen LogP contribution in [0.15, 0.2) is 24.3 Å². The van der Waals surface area contributed by atoms with Gasteiger partial charge < -0.3 is 19.9 Å². The van der Waals surface area contributed by atoms with Crippen molar-refractivity contribution in [2.75, 3.05) is 7.11 Å². The molecule has 1 amide bonds. The fraction of sp³-hybridized carbons (Fsp3) is 0.636. The summed E-state index contributed by atoms with van der Waals surface area (Å²) in [6.07, 6.45) is 3.93. The Morgan fingerprint density at radius 2 is 1.82 bits per heavy atom. The van der Waals surface area contributed by atoms with Gasteiger partial charge in [-0.2, -0.15) is 0 Å². The summed E-state index contributed by atoms with van der Waals surface area (Å²) in [4.78, 5) is 25.3. The van der Waals surface area contributed by atoms with Gasteiger partial charge in [0.2, 0.25) is 0 Å². The van der Waals surface area contributed by atoms with Gasteiger partial charge in [0.15, 0.2) is 0 Å². The average Bonchev–Trinajstić information content (AvgIpc) is 2.65. The second-order valence-corrected chi connectivity index (χ2v) is 8.88. The van der Waals surface area contributed by atoms with Gasteiger partial charge in [-0.3, -0.25) is 0 Å². The van der Waals surface area contributed by atoms with Crippen molar-refractivity contribution in [2.45, 2.75) is 57.1 Å². The number of ether oxygens (including phenoxy) is 2. The zero-order valence-corrected chi connectivity index (χ0v) is 16.4. The van der Waals surface area contributed by atoms with Crippen LogP contribution < -0.4 is 5.32 Å². The van der Waals surface area contributed by atoms with Crippen LogP contribution in [0, 0.1) is 23.6 Å². The Bertz CT molecular complexity index is 783. The van der Waals surface area contributed by atoms with Crippen molar-refractivity contribution in [1.29, 1.82) is 0 Å². The molecule has 0 spiro atoms. The van der Waals surface area contributed by atoms with Gasteiger partial charge in [0.25, 0.3) is 0 Å². The molecule has 4 fully saturated rings. The molecule has 28 heavy (non-hydrogen) atoms. The largest absolute Gasteiger partial charge is 0.508 e. The maximum absolute atomic E-state index is 12.8. The molecule has 3 unspecified atom stereocenters. The molecule has 0 heterocycles. The summed E-state index contributed by atoms with van der Waals surface area (Å²) < 4.78 is 19.6. The lowest BCUT2D eigenvalue weighted by Gasteiger charge is -2.53. The van der Waals surface area contributed by atoms with Crippen molar-refractivity contribution in [3.8, 4) is 5.75 Å². The lowest BCUT2D eigenvalue weighted by atomic mass is 9.55. The average molecular weight is 388 g/mol. The summed E-state index contributed by atoms with van der Waals surface area (Å²) in [6.45, 7) is 1.60. The summed E-state index contributed by atoms with van der Waals surface area (Å²) in [6, 6.07) is 6.45. The summed E-state index contributed by atoms with van der Waals surface area (Å²) in [5.74, 6) is 0.262. The second-order valence-electron chi connectivity index (χ2n) is 8.88. The van der Waals surface area contributed by atoms with E-state index in [1.54, 1.807) is 19.1 Å². The lowest BCUT2D eigenvalue weighted by molar-refractivity contribution is -0.148. The van der Waals surface area contributed by atoms with E-state index in [0.717, 1.165) is 31.2 Å². The van der Waals surface area contributed by atoms with E-state index in [1.807, 2.05) is 0 Å². The van der Waals surface area contributed by atoms with Crippen LogP contribution in [0.3, 0.4) is 0 Å². The van der Waals surface area contributed by atoms with Crippen LogP contribution >= 0.6 is 0 Å². The Morgan fingerprint density at radius 1 is 1.18 bits per heavy atom. The third-order valence-corrected chi connectivity index (χ3v) is 6.61. The number of hydrogen-bond donors (Lipinski definition) is 2.